The molecule has 3 N–H and O–H groups in total. The van der Waals surface area contributed by atoms with Gasteiger partial charge in [0.05, 0.1) is 16.7 Å². The standard InChI is InChI=1S/C19H24N2O3S.ClH/c1-3-14(2)18(20)19(22)21-16-9-7-8-15(12-16)13-25(23,24)17-10-5-4-6-11-17;/h4-12,14,18H,3,13,20H2,1-2H3,(H,21,22);1H. The van der Waals surface area contributed by atoms with Gasteiger partial charge in [-0.2, -0.15) is 0 Å². The normalized spacial score (nSPS) is 13.3. The Hall–Kier alpha value is -1.89. The maximum atomic E-state index is 12.5. The van der Waals surface area contributed by atoms with Crippen LogP contribution in [0.4, 0.5) is 5.69 Å². The average molecular weight is 397 g/mol. The summed E-state index contributed by atoms with van der Waals surface area (Å²) in [5.74, 6) is -0.322. The van der Waals surface area contributed by atoms with Crippen molar-refractivity contribution in [2.75, 3.05) is 5.32 Å². The molecule has 1 amide bonds. The summed E-state index contributed by atoms with van der Waals surface area (Å²) in [5.41, 5.74) is 7.08. The average Bonchev–Trinajstić information content (AvgIpc) is 2.61. The number of benzene rings is 2. The monoisotopic (exact) mass is 396 g/mol. The Kier molecular flexibility index (Phi) is 8.27. The number of carbonyl (C=O) groups excluding carboxylic acids is 1. The molecule has 0 aliphatic rings. The summed E-state index contributed by atoms with van der Waals surface area (Å²) >= 11 is 0. The van der Waals surface area contributed by atoms with E-state index in [9.17, 15) is 13.2 Å². The van der Waals surface area contributed by atoms with Crippen LogP contribution in [0.25, 0.3) is 0 Å². The van der Waals surface area contributed by atoms with Gasteiger partial charge < -0.3 is 11.1 Å². The minimum Gasteiger partial charge on any atom is -0.325 e. The van der Waals surface area contributed by atoms with Gasteiger partial charge >= 0.3 is 0 Å². The molecule has 5 nitrogen and oxygen atoms in total. The number of halogens is 1. The molecule has 26 heavy (non-hydrogen) atoms. The predicted molar refractivity (Wildman–Crippen MR) is 107 cm³/mol. The molecule has 0 heterocycles. The fraction of sp³-hybridized carbons (Fsp3) is 0.316. The number of nitrogens with two attached hydrogens (primary N) is 1. The third kappa shape index (κ3) is 5.83. The second-order valence-electron chi connectivity index (χ2n) is 6.17. The van der Waals surface area contributed by atoms with Gasteiger partial charge in [0.1, 0.15) is 0 Å². The van der Waals surface area contributed by atoms with E-state index in [2.05, 4.69) is 5.32 Å². The molecule has 2 aromatic rings. The van der Waals surface area contributed by atoms with Crippen LogP contribution in [0.5, 0.6) is 0 Å². The van der Waals surface area contributed by atoms with Crippen LogP contribution in [0.2, 0.25) is 0 Å². The zero-order chi connectivity index (χ0) is 18.4. The van der Waals surface area contributed by atoms with Crippen molar-refractivity contribution in [3.8, 4) is 0 Å². The highest BCUT2D eigenvalue weighted by Gasteiger charge is 2.20. The molecule has 7 heteroatoms. The van der Waals surface area contributed by atoms with Crippen molar-refractivity contribution in [1.82, 2.24) is 0 Å². The number of sulfone groups is 1. The van der Waals surface area contributed by atoms with E-state index in [4.69, 9.17) is 5.73 Å². The van der Waals surface area contributed by atoms with Crippen molar-refractivity contribution in [3.05, 3.63) is 60.2 Å². The van der Waals surface area contributed by atoms with E-state index < -0.39 is 15.9 Å². The van der Waals surface area contributed by atoms with Gasteiger partial charge in [-0.05, 0) is 35.7 Å². The first kappa shape index (κ1) is 22.2. The Labute approximate surface area is 161 Å². The van der Waals surface area contributed by atoms with E-state index in [1.165, 1.54) is 0 Å². The summed E-state index contributed by atoms with van der Waals surface area (Å²) < 4.78 is 24.9. The predicted octanol–water partition coefficient (Wildman–Crippen LogP) is 3.39. The number of anilines is 1. The van der Waals surface area contributed by atoms with E-state index >= 15 is 0 Å². The lowest BCUT2D eigenvalue weighted by Crippen LogP contribution is -2.40. The number of hydrogen-bond acceptors (Lipinski definition) is 4. The Bertz CT molecular complexity index is 826. The van der Waals surface area contributed by atoms with Gasteiger partial charge in [-0.15, -0.1) is 12.4 Å². The van der Waals surface area contributed by atoms with Crippen molar-refractivity contribution >= 4 is 33.8 Å². The van der Waals surface area contributed by atoms with Crippen molar-refractivity contribution in [1.29, 1.82) is 0 Å². The molecule has 0 fully saturated rings. The lowest BCUT2D eigenvalue weighted by atomic mass is 9.99. The summed E-state index contributed by atoms with van der Waals surface area (Å²) in [7, 11) is -3.43. The molecule has 0 spiro atoms. The Morgan fingerprint density at radius 3 is 2.38 bits per heavy atom. The van der Waals surface area contributed by atoms with Crippen LogP contribution in [-0.4, -0.2) is 20.4 Å². The van der Waals surface area contributed by atoms with E-state index in [1.54, 1.807) is 54.6 Å². The molecule has 2 unspecified atom stereocenters. The number of nitrogens with one attached hydrogen (secondary N) is 1. The Balaban J connectivity index is 0.00000338. The van der Waals surface area contributed by atoms with Crippen LogP contribution in [-0.2, 0) is 20.4 Å². The van der Waals surface area contributed by atoms with Crippen LogP contribution in [0.15, 0.2) is 59.5 Å². The number of hydrogen-bond donors (Lipinski definition) is 2. The third-order valence-corrected chi connectivity index (χ3v) is 5.92. The topological polar surface area (TPSA) is 89.3 Å². The van der Waals surface area contributed by atoms with E-state index in [1.807, 2.05) is 13.8 Å². The fourth-order valence-corrected chi connectivity index (χ4v) is 3.76. The number of carbonyl (C=O) groups is 1. The first-order chi connectivity index (χ1) is 11.8. The Morgan fingerprint density at radius 1 is 1.12 bits per heavy atom. The van der Waals surface area contributed by atoms with Gasteiger partial charge in [0, 0.05) is 5.69 Å². The van der Waals surface area contributed by atoms with Crippen molar-refractivity contribution < 1.29 is 13.2 Å². The lowest BCUT2D eigenvalue weighted by molar-refractivity contribution is -0.118. The van der Waals surface area contributed by atoms with Crippen molar-refractivity contribution in [3.63, 3.8) is 0 Å². The van der Waals surface area contributed by atoms with E-state index in [0.717, 1.165) is 6.42 Å². The van der Waals surface area contributed by atoms with E-state index in [-0.39, 0.29) is 34.9 Å². The molecule has 0 aliphatic carbocycles. The van der Waals surface area contributed by atoms with Crippen LogP contribution in [0, 0.1) is 5.92 Å². The maximum Gasteiger partial charge on any atom is 0.241 e. The summed E-state index contributed by atoms with van der Waals surface area (Å²) in [6.45, 7) is 3.90. The van der Waals surface area contributed by atoms with Crippen molar-refractivity contribution in [2.45, 2.75) is 37.0 Å². The molecule has 142 valence electrons. The molecule has 0 saturated carbocycles. The van der Waals surface area contributed by atoms with Crippen LogP contribution < -0.4 is 11.1 Å². The second-order valence-corrected chi connectivity index (χ2v) is 8.16. The molecule has 0 aromatic heterocycles. The molecule has 2 rings (SSSR count). The molecule has 0 saturated heterocycles. The van der Waals surface area contributed by atoms with Crippen LogP contribution >= 0.6 is 12.4 Å². The highest BCUT2D eigenvalue weighted by Crippen LogP contribution is 2.19. The lowest BCUT2D eigenvalue weighted by Gasteiger charge is -2.18. The molecular formula is C19H25ClN2O3S. The molecular weight excluding hydrogens is 372 g/mol. The summed E-state index contributed by atoms with van der Waals surface area (Å²) in [4.78, 5) is 12.5. The van der Waals surface area contributed by atoms with Gasteiger partial charge in [-0.1, -0.05) is 50.6 Å². The summed E-state index contributed by atoms with van der Waals surface area (Å²) in [6, 6.07) is 14.6. The number of amides is 1. The maximum absolute atomic E-state index is 12.5. The highest BCUT2D eigenvalue weighted by atomic mass is 35.5. The minimum absolute atomic E-state index is 0. The second kappa shape index (κ2) is 9.71. The molecule has 2 atom stereocenters. The first-order valence-electron chi connectivity index (χ1n) is 8.26. The molecule has 0 radical (unpaired) electrons. The smallest absolute Gasteiger partial charge is 0.241 e. The van der Waals surface area contributed by atoms with Gasteiger partial charge in [0.2, 0.25) is 5.91 Å². The minimum atomic E-state index is -3.43. The molecule has 2 aromatic carbocycles. The van der Waals surface area contributed by atoms with Crippen molar-refractivity contribution in [2.24, 2.45) is 11.7 Å². The summed E-state index contributed by atoms with van der Waals surface area (Å²) in [5, 5.41) is 2.76. The third-order valence-electron chi connectivity index (χ3n) is 4.21. The largest absolute Gasteiger partial charge is 0.325 e. The Morgan fingerprint density at radius 2 is 1.77 bits per heavy atom. The zero-order valence-electron chi connectivity index (χ0n) is 14.9. The van der Waals surface area contributed by atoms with Gasteiger partial charge in [-0.25, -0.2) is 8.42 Å². The SMILES string of the molecule is CCC(C)C(N)C(=O)Nc1cccc(CS(=O)(=O)c2ccccc2)c1.Cl. The van der Waals surface area contributed by atoms with Gasteiger partial charge in [-0.3, -0.25) is 4.79 Å². The van der Waals surface area contributed by atoms with Gasteiger partial charge in [0.25, 0.3) is 0 Å². The summed E-state index contributed by atoms with van der Waals surface area (Å²) in [6.07, 6.45) is 0.809. The molecule has 0 bridgehead atoms. The van der Waals surface area contributed by atoms with Gasteiger partial charge in [0.15, 0.2) is 9.84 Å². The molecule has 0 aliphatic heterocycles. The van der Waals surface area contributed by atoms with Crippen LogP contribution in [0.3, 0.4) is 0 Å². The first-order valence-corrected chi connectivity index (χ1v) is 9.92. The van der Waals surface area contributed by atoms with E-state index in [0.29, 0.717) is 11.3 Å². The zero-order valence-corrected chi connectivity index (χ0v) is 16.5. The number of rotatable bonds is 7. The fourth-order valence-electron chi connectivity index (χ4n) is 2.41. The van der Waals surface area contributed by atoms with Crippen LogP contribution in [0.1, 0.15) is 25.8 Å². The quantitative estimate of drug-likeness (QED) is 0.750. The highest BCUT2D eigenvalue weighted by molar-refractivity contribution is 7.90.